The highest BCUT2D eigenvalue weighted by atomic mass is 35.5. The quantitative estimate of drug-likeness (QED) is 0.531. The zero-order valence-electron chi connectivity index (χ0n) is 16.0. The average Bonchev–Trinajstić information content (AvgIpc) is 3.04. The van der Waals surface area contributed by atoms with Gasteiger partial charge >= 0.3 is 0 Å². The summed E-state index contributed by atoms with van der Waals surface area (Å²) in [4.78, 5) is 5.03. The first-order valence-electron chi connectivity index (χ1n) is 9.55. The SMILES string of the molecule is CCOC1=N[C@](C[C@@H](O)c2ccc(Cl)cc2)(c2ccc(Cl)cc2)c2ccccc21. The van der Waals surface area contributed by atoms with Gasteiger partial charge in [0.15, 0.2) is 0 Å². The number of nitrogens with zero attached hydrogens (tertiary/aromatic N) is 1. The summed E-state index contributed by atoms with van der Waals surface area (Å²) in [7, 11) is 0. The molecule has 0 saturated heterocycles. The summed E-state index contributed by atoms with van der Waals surface area (Å²) in [5, 5.41) is 12.4. The van der Waals surface area contributed by atoms with Crippen LogP contribution in [0.25, 0.3) is 0 Å². The maximum absolute atomic E-state index is 11.1. The Morgan fingerprint density at radius 3 is 2.21 bits per heavy atom. The van der Waals surface area contributed by atoms with Crippen molar-refractivity contribution in [1.29, 1.82) is 0 Å². The zero-order chi connectivity index (χ0) is 20.4. The Kier molecular flexibility index (Phi) is 5.64. The molecule has 0 unspecified atom stereocenters. The van der Waals surface area contributed by atoms with Gasteiger partial charge in [-0.1, -0.05) is 65.7 Å². The first-order chi connectivity index (χ1) is 14.0. The van der Waals surface area contributed by atoms with E-state index in [2.05, 4.69) is 0 Å². The number of aliphatic imine (C=N–C) groups is 1. The van der Waals surface area contributed by atoms with Crippen molar-refractivity contribution in [1.82, 2.24) is 0 Å². The molecule has 3 aromatic carbocycles. The van der Waals surface area contributed by atoms with Crippen LogP contribution >= 0.6 is 23.2 Å². The molecule has 1 N–H and O–H groups in total. The van der Waals surface area contributed by atoms with Gasteiger partial charge in [-0.3, -0.25) is 0 Å². The molecule has 1 aliphatic rings. The van der Waals surface area contributed by atoms with Gasteiger partial charge in [0.05, 0.1) is 12.7 Å². The number of hydrogen-bond acceptors (Lipinski definition) is 3. The Hall–Kier alpha value is -2.33. The summed E-state index contributed by atoms with van der Waals surface area (Å²) >= 11 is 12.1. The van der Waals surface area contributed by atoms with Crippen molar-refractivity contribution in [2.75, 3.05) is 6.61 Å². The predicted octanol–water partition coefficient (Wildman–Crippen LogP) is 6.16. The maximum atomic E-state index is 11.1. The van der Waals surface area contributed by atoms with Gasteiger partial charge in [-0.05, 0) is 53.9 Å². The van der Waals surface area contributed by atoms with Gasteiger partial charge in [0.1, 0.15) is 5.54 Å². The molecule has 0 aliphatic carbocycles. The lowest BCUT2D eigenvalue weighted by Crippen LogP contribution is -2.26. The Morgan fingerprint density at radius 2 is 1.55 bits per heavy atom. The van der Waals surface area contributed by atoms with Crippen molar-refractivity contribution in [3.8, 4) is 0 Å². The number of aliphatic hydroxyl groups excluding tert-OH is 1. The molecule has 4 rings (SSSR count). The van der Waals surface area contributed by atoms with E-state index in [0.717, 1.165) is 22.3 Å². The van der Waals surface area contributed by atoms with Crippen molar-refractivity contribution < 1.29 is 9.84 Å². The number of hydrogen-bond donors (Lipinski definition) is 1. The molecule has 0 bridgehead atoms. The minimum Gasteiger partial charge on any atom is -0.478 e. The summed E-state index contributed by atoms with van der Waals surface area (Å²) < 4.78 is 5.86. The first kappa shape index (κ1) is 20.0. The number of fused-ring (bicyclic) bond motifs is 1. The number of benzene rings is 3. The van der Waals surface area contributed by atoms with Crippen LogP contribution in [0, 0.1) is 0 Å². The second kappa shape index (κ2) is 8.19. The molecule has 1 aliphatic heterocycles. The lowest BCUT2D eigenvalue weighted by atomic mass is 9.78. The standard InChI is InChI=1S/C24H21Cl2NO2/c1-2-29-23-20-5-3-4-6-21(20)24(27-23,17-9-13-19(26)14-10-17)15-22(28)16-7-11-18(25)12-8-16/h3-14,22,28H,2,15H2,1H3/t22-,24-/m1/s1. The fourth-order valence-electron chi connectivity index (χ4n) is 3.87. The van der Waals surface area contributed by atoms with Crippen molar-refractivity contribution >= 4 is 29.1 Å². The van der Waals surface area contributed by atoms with E-state index in [1.165, 1.54) is 0 Å². The lowest BCUT2D eigenvalue weighted by molar-refractivity contribution is 0.143. The van der Waals surface area contributed by atoms with Crippen LogP contribution in [-0.4, -0.2) is 17.6 Å². The van der Waals surface area contributed by atoms with Crippen molar-refractivity contribution in [3.05, 3.63) is 105 Å². The van der Waals surface area contributed by atoms with Crippen molar-refractivity contribution in [2.24, 2.45) is 4.99 Å². The molecule has 5 heteroatoms. The van der Waals surface area contributed by atoms with Crippen LogP contribution in [0.3, 0.4) is 0 Å². The van der Waals surface area contributed by atoms with Crippen LogP contribution in [0.2, 0.25) is 10.0 Å². The number of halogens is 2. The Morgan fingerprint density at radius 1 is 0.931 bits per heavy atom. The molecular weight excluding hydrogens is 405 g/mol. The zero-order valence-corrected chi connectivity index (χ0v) is 17.5. The van der Waals surface area contributed by atoms with E-state index in [1.54, 1.807) is 12.1 Å². The molecule has 0 aromatic heterocycles. The highest BCUT2D eigenvalue weighted by Gasteiger charge is 2.44. The number of ether oxygens (including phenoxy) is 1. The fraction of sp³-hybridized carbons (Fsp3) is 0.208. The second-order valence-corrected chi connectivity index (χ2v) is 7.91. The molecule has 0 fully saturated rings. The Labute approximate surface area is 180 Å². The van der Waals surface area contributed by atoms with Gasteiger partial charge in [-0.25, -0.2) is 4.99 Å². The van der Waals surface area contributed by atoms with Crippen LogP contribution in [0.4, 0.5) is 0 Å². The molecule has 1 heterocycles. The van der Waals surface area contributed by atoms with Gasteiger partial charge in [0.2, 0.25) is 5.90 Å². The third kappa shape index (κ3) is 3.78. The van der Waals surface area contributed by atoms with Crippen molar-refractivity contribution in [3.63, 3.8) is 0 Å². The topological polar surface area (TPSA) is 41.8 Å². The van der Waals surface area contributed by atoms with Gasteiger partial charge in [0.25, 0.3) is 0 Å². The van der Waals surface area contributed by atoms with Crippen LogP contribution < -0.4 is 0 Å². The van der Waals surface area contributed by atoms with E-state index >= 15 is 0 Å². The van der Waals surface area contributed by atoms with E-state index in [9.17, 15) is 5.11 Å². The molecule has 2 atom stereocenters. The first-order valence-corrected chi connectivity index (χ1v) is 10.3. The molecular formula is C24H21Cl2NO2. The monoisotopic (exact) mass is 425 g/mol. The third-order valence-corrected chi connectivity index (χ3v) is 5.75. The molecule has 0 spiro atoms. The Balaban J connectivity index is 1.85. The minimum atomic E-state index is -0.773. The normalized spacial score (nSPS) is 18.8. The Bertz CT molecular complexity index is 1030. The van der Waals surface area contributed by atoms with Crippen LogP contribution in [0.15, 0.2) is 77.8 Å². The van der Waals surface area contributed by atoms with E-state index in [-0.39, 0.29) is 0 Å². The van der Waals surface area contributed by atoms with Crippen LogP contribution in [0.1, 0.15) is 41.7 Å². The fourth-order valence-corrected chi connectivity index (χ4v) is 4.12. The lowest BCUT2D eigenvalue weighted by Gasteiger charge is -2.30. The third-order valence-electron chi connectivity index (χ3n) is 5.24. The molecule has 3 aromatic rings. The van der Waals surface area contributed by atoms with E-state index in [0.29, 0.717) is 29.0 Å². The predicted molar refractivity (Wildman–Crippen MR) is 118 cm³/mol. The molecule has 3 nitrogen and oxygen atoms in total. The van der Waals surface area contributed by atoms with E-state index in [1.807, 2.05) is 67.6 Å². The molecule has 29 heavy (non-hydrogen) atoms. The van der Waals surface area contributed by atoms with E-state index in [4.69, 9.17) is 32.9 Å². The summed E-state index contributed by atoms with van der Waals surface area (Å²) in [5.41, 5.74) is 2.94. The highest BCUT2D eigenvalue weighted by Crippen LogP contribution is 2.47. The average molecular weight is 426 g/mol. The van der Waals surface area contributed by atoms with Gasteiger partial charge < -0.3 is 9.84 Å². The summed E-state index contributed by atoms with van der Waals surface area (Å²) in [5.74, 6) is 0.598. The summed E-state index contributed by atoms with van der Waals surface area (Å²) in [6, 6.07) is 22.9. The van der Waals surface area contributed by atoms with Gasteiger partial charge in [0, 0.05) is 22.0 Å². The maximum Gasteiger partial charge on any atom is 0.217 e. The van der Waals surface area contributed by atoms with Gasteiger partial charge in [-0.15, -0.1) is 0 Å². The van der Waals surface area contributed by atoms with Crippen LogP contribution in [-0.2, 0) is 10.3 Å². The smallest absolute Gasteiger partial charge is 0.217 e. The molecule has 148 valence electrons. The minimum absolute atomic E-state index is 0.365. The molecule has 0 radical (unpaired) electrons. The number of aliphatic hydroxyl groups is 1. The van der Waals surface area contributed by atoms with Crippen LogP contribution in [0.5, 0.6) is 0 Å². The van der Waals surface area contributed by atoms with E-state index < -0.39 is 11.6 Å². The molecule has 0 saturated carbocycles. The summed E-state index contributed by atoms with van der Waals surface area (Å²) in [6.45, 7) is 2.46. The van der Waals surface area contributed by atoms with Gasteiger partial charge in [-0.2, -0.15) is 0 Å². The number of rotatable bonds is 5. The largest absolute Gasteiger partial charge is 0.478 e. The second-order valence-electron chi connectivity index (χ2n) is 7.03. The highest BCUT2D eigenvalue weighted by molar-refractivity contribution is 6.30. The van der Waals surface area contributed by atoms with Crippen molar-refractivity contribution in [2.45, 2.75) is 25.0 Å². The molecule has 0 amide bonds. The summed E-state index contributed by atoms with van der Waals surface area (Å²) in [6.07, 6.45) is -0.371.